The van der Waals surface area contributed by atoms with E-state index in [1.807, 2.05) is 32.9 Å². The monoisotopic (exact) mass is 375 g/mol. The molecule has 0 spiro atoms. The van der Waals surface area contributed by atoms with Crippen LogP contribution in [0, 0.1) is 6.92 Å². The predicted molar refractivity (Wildman–Crippen MR) is 102 cm³/mol. The molecule has 1 amide bonds. The molecule has 0 heterocycles. The van der Waals surface area contributed by atoms with Crippen molar-refractivity contribution in [2.24, 2.45) is 0 Å². The number of rotatable bonds is 6. The molecule has 26 heavy (non-hydrogen) atoms. The number of hydrogen-bond donors (Lipinski definition) is 1. The van der Waals surface area contributed by atoms with E-state index in [9.17, 15) is 9.59 Å². The molecular formula is C20H22ClNO4. The van der Waals surface area contributed by atoms with Crippen molar-refractivity contribution < 1.29 is 19.1 Å². The number of ether oxygens (including phenoxy) is 2. The molecule has 2 aromatic rings. The molecule has 1 N–H and O–H groups in total. The van der Waals surface area contributed by atoms with Gasteiger partial charge in [0.2, 0.25) is 0 Å². The number of methoxy groups -OCH3 is 1. The van der Waals surface area contributed by atoms with Crippen molar-refractivity contribution in [3.8, 4) is 5.75 Å². The summed E-state index contributed by atoms with van der Waals surface area (Å²) in [5.41, 5.74) is 2.84. The number of benzene rings is 2. The van der Waals surface area contributed by atoms with Crippen LogP contribution >= 0.6 is 11.6 Å². The Balaban J connectivity index is 2.01. The minimum Gasteiger partial charge on any atom is -0.483 e. The number of carbonyl (C=O) groups is 2. The molecule has 0 atom stereocenters. The van der Waals surface area contributed by atoms with Gasteiger partial charge in [-0.05, 0) is 60.4 Å². The van der Waals surface area contributed by atoms with E-state index in [4.69, 9.17) is 16.3 Å². The quantitative estimate of drug-likeness (QED) is 0.751. The topological polar surface area (TPSA) is 64.6 Å². The fraction of sp³-hybridized carbons (Fsp3) is 0.300. The van der Waals surface area contributed by atoms with Crippen LogP contribution in [0.2, 0.25) is 5.02 Å². The molecule has 138 valence electrons. The fourth-order valence-corrected chi connectivity index (χ4v) is 2.57. The Bertz CT molecular complexity index is 800. The van der Waals surface area contributed by atoms with Crippen molar-refractivity contribution in [3.05, 3.63) is 58.1 Å². The van der Waals surface area contributed by atoms with Gasteiger partial charge in [0.25, 0.3) is 5.91 Å². The summed E-state index contributed by atoms with van der Waals surface area (Å²) in [6, 6.07) is 10.2. The first-order valence-corrected chi connectivity index (χ1v) is 8.60. The first-order chi connectivity index (χ1) is 12.3. The normalized spacial score (nSPS) is 10.5. The third-order valence-electron chi connectivity index (χ3n) is 3.86. The van der Waals surface area contributed by atoms with E-state index in [-0.39, 0.29) is 18.4 Å². The average molecular weight is 376 g/mol. The van der Waals surface area contributed by atoms with Crippen LogP contribution in [-0.2, 0) is 9.53 Å². The van der Waals surface area contributed by atoms with E-state index >= 15 is 0 Å². The van der Waals surface area contributed by atoms with Crippen molar-refractivity contribution in [3.63, 3.8) is 0 Å². The van der Waals surface area contributed by atoms with Gasteiger partial charge in [-0.3, -0.25) is 4.79 Å². The maximum absolute atomic E-state index is 12.1. The molecule has 0 aliphatic carbocycles. The highest BCUT2D eigenvalue weighted by atomic mass is 35.5. The number of carbonyl (C=O) groups excluding carboxylic acids is 2. The Hall–Kier alpha value is -2.53. The Morgan fingerprint density at radius 2 is 1.81 bits per heavy atom. The van der Waals surface area contributed by atoms with Crippen LogP contribution in [-0.4, -0.2) is 25.6 Å². The highest BCUT2D eigenvalue weighted by molar-refractivity contribution is 6.31. The SMILES string of the molecule is COC(=O)c1ccc(NC(=O)COc2cc(C)c(Cl)cc2C(C)C)cc1. The zero-order valence-electron chi connectivity index (χ0n) is 15.3. The van der Waals surface area contributed by atoms with Crippen LogP contribution in [0.1, 0.15) is 41.3 Å². The van der Waals surface area contributed by atoms with Crippen LogP contribution in [0.4, 0.5) is 5.69 Å². The van der Waals surface area contributed by atoms with E-state index in [0.717, 1.165) is 11.1 Å². The second-order valence-corrected chi connectivity index (χ2v) is 6.61. The lowest BCUT2D eigenvalue weighted by atomic mass is 10.0. The maximum Gasteiger partial charge on any atom is 0.337 e. The third-order valence-corrected chi connectivity index (χ3v) is 4.27. The standard InChI is InChI=1S/C20H22ClNO4/c1-12(2)16-10-17(21)13(3)9-18(16)26-11-19(23)22-15-7-5-14(6-8-15)20(24)25-4/h5-10,12H,11H2,1-4H3,(H,22,23). The Morgan fingerprint density at radius 3 is 2.38 bits per heavy atom. The number of aryl methyl sites for hydroxylation is 1. The van der Waals surface area contributed by atoms with E-state index < -0.39 is 5.97 Å². The molecule has 2 rings (SSSR count). The van der Waals surface area contributed by atoms with Crippen molar-refractivity contribution in [2.45, 2.75) is 26.7 Å². The van der Waals surface area contributed by atoms with Crippen molar-refractivity contribution in [1.82, 2.24) is 0 Å². The van der Waals surface area contributed by atoms with E-state index in [1.54, 1.807) is 24.3 Å². The Morgan fingerprint density at radius 1 is 1.15 bits per heavy atom. The summed E-state index contributed by atoms with van der Waals surface area (Å²) in [6.07, 6.45) is 0. The number of esters is 1. The number of anilines is 1. The third kappa shape index (κ3) is 4.99. The van der Waals surface area contributed by atoms with Gasteiger partial charge < -0.3 is 14.8 Å². The molecule has 0 saturated heterocycles. The molecule has 0 bridgehead atoms. The lowest BCUT2D eigenvalue weighted by Crippen LogP contribution is -2.20. The first kappa shape index (κ1) is 19.8. The van der Waals surface area contributed by atoms with Crippen molar-refractivity contribution in [1.29, 1.82) is 0 Å². The Kier molecular flexibility index (Phi) is 6.64. The van der Waals surface area contributed by atoms with Gasteiger partial charge in [-0.2, -0.15) is 0 Å². The van der Waals surface area contributed by atoms with E-state index in [0.29, 0.717) is 22.0 Å². The number of amides is 1. The minimum atomic E-state index is -0.425. The Labute approximate surface area is 158 Å². The molecule has 0 unspecified atom stereocenters. The highest BCUT2D eigenvalue weighted by Gasteiger charge is 2.13. The number of hydrogen-bond acceptors (Lipinski definition) is 4. The largest absolute Gasteiger partial charge is 0.483 e. The molecule has 2 aromatic carbocycles. The summed E-state index contributed by atoms with van der Waals surface area (Å²) in [5.74, 6) is 0.152. The molecule has 0 aromatic heterocycles. The van der Waals surface area contributed by atoms with Gasteiger partial charge in [0, 0.05) is 10.7 Å². The average Bonchev–Trinajstić information content (AvgIpc) is 2.62. The van der Waals surface area contributed by atoms with Gasteiger partial charge in [-0.25, -0.2) is 4.79 Å². The fourth-order valence-electron chi connectivity index (χ4n) is 2.39. The predicted octanol–water partition coefficient (Wildman–Crippen LogP) is 4.58. The summed E-state index contributed by atoms with van der Waals surface area (Å²) in [5, 5.41) is 3.41. The summed E-state index contributed by atoms with van der Waals surface area (Å²) in [6.45, 7) is 5.84. The highest BCUT2D eigenvalue weighted by Crippen LogP contribution is 2.32. The van der Waals surface area contributed by atoms with Crippen LogP contribution < -0.4 is 10.1 Å². The summed E-state index contributed by atoms with van der Waals surface area (Å²) >= 11 is 6.18. The molecule has 0 radical (unpaired) electrons. The second kappa shape index (κ2) is 8.72. The molecular weight excluding hydrogens is 354 g/mol. The summed E-state index contributed by atoms with van der Waals surface area (Å²) in [7, 11) is 1.32. The van der Waals surface area contributed by atoms with E-state index in [2.05, 4.69) is 10.1 Å². The lowest BCUT2D eigenvalue weighted by molar-refractivity contribution is -0.118. The molecule has 5 nitrogen and oxygen atoms in total. The molecule has 0 aliphatic heterocycles. The van der Waals surface area contributed by atoms with Gasteiger partial charge >= 0.3 is 5.97 Å². The van der Waals surface area contributed by atoms with Gasteiger partial charge in [-0.15, -0.1) is 0 Å². The van der Waals surface area contributed by atoms with Crippen LogP contribution in [0.5, 0.6) is 5.75 Å². The lowest BCUT2D eigenvalue weighted by Gasteiger charge is -2.16. The van der Waals surface area contributed by atoms with Gasteiger partial charge in [0.1, 0.15) is 5.75 Å². The maximum atomic E-state index is 12.1. The molecule has 0 fully saturated rings. The first-order valence-electron chi connectivity index (χ1n) is 8.23. The van der Waals surface area contributed by atoms with Crippen LogP contribution in [0.25, 0.3) is 0 Å². The second-order valence-electron chi connectivity index (χ2n) is 6.20. The van der Waals surface area contributed by atoms with Crippen molar-refractivity contribution in [2.75, 3.05) is 19.0 Å². The summed E-state index contributed by atoms with van der Waals surface area (Å²) < 4.78 is 10.3. The van der Waals surface area contributed by atoms with Crippen LogP contribution in [0.3, 0.4) is 0 Å². The smallest absolute Gasteiger partial charge is 0.337 e. The zero-order valence-corrected chi connectivity index (χ0v) is 16.0. The number of halogens is 1. The molecule has 0 aliphatic rings. The van der Waals surface area contributed by atoms with Crippen LogP contribution in [0.15, 0.2) is 36.4 Å². The summed E-state index contributed by atoms with van der Waals surface area (Å²) in [4.78, 5) is 23.5. The number of nitrogens with one attached hydrogen (secondary N) is 1. The van der Waals surface area contributed by atoms with Crippen molar-refractivity contribution >= 4 is 29.2 Å². The molecule has 6 heteroatoms. The van der Waals surface area contributed by atoms with Gasteiger partial charge in [0.15, 0.2) is 6.61 Å². The molecule has 0 saturated carbocycles. The van der Waals surface area contributed by atoms with E-state index in [1.165, 1.54) is 7.11 Å². The van der Waals surface area contributed by atoms with Gasteiger partial charge in [0.05, 0.1) is 12.7 Å². The minimum absolute atomic E-state index is 0.125. The van der Waals surface area contributed by atoms with Gasteiger partial charge in [-0.1, -0.05) is 25.4 Å². The zero-order chi connectivity index (χ0) is 19.3.